The van der Waals surface area contributed by atoms with Crippen LogP contribution in [-0.4, -0.2) is 11.8 Å². The zero-order valence-corrected chi connectivity index (χ0v) is 20.8. The third-order valence-corrected chi connectivity index (χ3v) is 6.66. The summed E-state index contributed by atoms with van der Waals surface area (Å²) >= 11 is 0. The van der Waals surface area contributed by atoms with Gasteiger partial charge in [-0.2, -0.15) is 5.10 Å². The molecule has 172 valence electrons. The SMILES string of the molecule is CC/C=C\CC=C=C(C)C1CC(C/C2=C/CC[C@@](C)(CCCC(C)C)C/C=C\C2)=NN1. The van der Waals surface area contributed by atoms with Crippen LogP contribution in [0.25, 0.3) is 0 Å². The average Bonchev–Trinajstić information content (AvgIpc) is 3.21. The van der Waals surface area contributed by atoms with Crippen LogP contribution in [0.5, 0.6) is 0 Å². The molecule has 1 aliphatic carbocycles. The fourth-order valence-electron chi connectivity index (χ4n) is 4.49. The van der Waals surface area contributed by atoms with E-state index < -0.39 is 0 Å². The topological polar surface area (TPSA) is 24.4 Å². The van der Waals surface area contributed by atoms with E-state index in [0.29, 0.717) is 11.5 Å². The molecule has 2 aliphatic rings. The van der Waals surface area contributed by atoms with Crippen molar-refractivity contribution in [3.05, 3.63) is 53.3 Å². The van der Waals surface area contributed by atoms with E-state index in [1.807, 2.05) is 0 Å². The number of nitrogens with one attached hydrogen (secondary N) is 1. The molecule has 0 saturated heterocycles. The maximum absolute atomic E-state index is 4.67. The van der Waals surface area contributed by atoms with Gasteiger partial charge in [0.05, 0.1) is 6.04 Å². The number of nitrogens with zero attached hydrogens (tertiary/aromatic N) is 1. The minimum absolute atomic E-state index is 0.304. The lowest BCUT2D eigenvalue weighted by atomic mass is 9.77. The quantitative estimate of drug-likeness (QED) is 0.277. The van der Waals surface area contributed by atoms with Crippen LogP contribution in [0, 0.1) is 11.3 Å². The molecule has 0 aromatic heterocycles. The molecular weight excluding hydrogens is 376 g/mol. The Bertz CT molecular complexity index is 728. The molecule has 0 fully saturated rings. The van der Waals surface area contributed by atoms with E-state index in [9.17, 15) is 0 Å². The zero-order chi connectivity index (χ0) is 22.5. The minimum Gasteiger partial charge on any atom is -0.302 e. The van der Waals surface area contributed by atoms with Gasteiger partial charge in [0, 0.05) is 18.6 Å². The van der Waals surface area contributed by atoms with Gasteiger partial charge in [0.2, 0.25) is 0 Å². The van der Waals surface area contributed by atoms with Crippen molar-refractivity contribution in [2.45, 2.75) is 111 Å². The summed E-state index contributed by atoms with van der Waals surface area (Å²) in [6.45, 7) is 11.5. The molecule has 0 spiro atoms. The Labute approximate surface area is 192 Å². The summed E-state index contributed by atoms with van der Waals surface area (Å²) in [4.78, 5) is 0. The summed E-state index contributed by atoms with van der Waals surface area (Å²) < 4.78 is 0. The van der Waals surface area contributed by atoms with Gasteiger partial charge in [-0.25, -0.2) is 0 Å². The first-order valence-corrected chi connectivity index (χ1v) is 12.6. The van der Waals surface area contributed by atoms with Crippen molar-refractivity contribution >= 4 is 5.71 Å². The van der Waals surface area contributed by atoms with Crippen molar-refractivity contribution in [2.75, 3.05) is 0 Å². The maximum Gasteiger partial charge on any atom is 0.0773 e. The van der Waals surface area contributed by atoms with Crippen molar-refractivity contribution in [1.29, 1.82) is 0 Å². The second-order valence-electron chi connectivity index (χ2n) is 10.3. The molecule has 0 radical (unpaired) electrons. The summed E-state index contributed by atoms with van der Waals surface area (Å²) in [5, 5.41) is 4.67. The molecule has 0 bridgehead atoms. The van der Waals surface area contributed by atoms with E-state index in [1.54, 1.807) is 0 Å². The molecule has 2 nitrogen and oxygen atoms in total. The van der Waals surface area contributed by atoms with Gasteiger partial charge in [-0.05, 0) is 74.9 Å². The minimum atomic E-state index is 0.304. The molecule has 0 amide bonds. The van der Waals surface area contributed by atoms with E-state index in [1.165, 1.54) is 55.4 Å². The lowest BCUT2D eigenvalue weighted by molar-refractivity contribution is 0.262. The van der Waals surface area contributed by atoms with Gasteiger partial charge in [-0.1, -0.05) is 76.5 Å². The van der Waals surface area contributed by atoms with Gasteiger partial charge >= 0.3 is 0 Å². The van der Waals surface area contributed by atoms with E-state index in [-0.39, 0.29) is 0 Å². The summed E-state index contributed by atoms with van der Waals surface area (Å²) in [7, 11) is 0. The van der Waals surface area contributed by atoms with Crippen molar-refractivity contribution in [3.8, 4) is 0 Å². The Hall–Kier alpha value is -1.79. The zero-order valence-electron chi connectivity index (χ0n) is 20.8. The van der Waals surface area contributed by atoms with Crippen molar-refractivity contribution < 1.29 is 0 Å². The smallest absolute Gasteiger partial charge is 0.0773 e. The van der Waals surface area contributed by atoms with E-state index in [2.05, 4.69) is 87.3 Å². The first-order chi connectivity index (χ1) is 14.9. The predicted octanol–water partition coefficient (Wildman–Crippen LogP) is 8.44. The third kappa shape index (κ3) is 9.92. The monoisotopic (exact) mass is 422 g/mol. The second kappa shape index (κ2) is 13.6. The first-order valence-electron chi connectivity index (χ1n) is 12.6. The van der Waals surface area contributed by atoms with Crippen LogP contribution in [0.2, 0.25) is 0 Å². The van der Waals surface area contributed by atoms with Gasteiger partial charge < -0.3 is 5.43 Å². The molecule has 2 atom stereocenters. The van der Waals surface area contributed by atoms with Crippen molar-refractivity contribution in [2.24, 2.45) is 16.4 Å². The highest BCUT2D eigenvalue weighted by atomic mass is 15.3. The lowest BCUT2D eigenvalue weighted by Crippen LogP contribution is -2.20. The van der Waals surface area contributed by atoms with Crippen LogP contribution in [0.1, 0.15) is 105 Å². The Morgan fingerprint density at radius 1 is 1.32 bits per heavy atom. The first kappa shape index (κ1) is 25.5. The predicted molar refractivity (Wildman–Crippen MR) is 137 cm³/mol. The second-order valence-corrected chi connectivity index (χ2v) is 10.3. The molecule has 0 aromatic carbocycles. The highest BCUT2D eigenvalue weighted by molar-refractivity contribution is 5.88. The lowest BCUT2D eigenvalue weighted by Gasteiger charge is -2.28. The number of rotatable bonds is 10. The van der Waals surface area contributed by atoms with Crippen molar-refractivity contribution in [1.82, 2.24) is 5.43 Å². The number of hydrazone groups is 1. The highest BCUT2D eigenvalue weighted by Gasteiger charge is 2.23. The molecule has 2 heteroatoms. The van der Waals surface area contributed by atoms with Gasteiger partial charge in [-0.15, -0.1) is 5.73 Å². The largest absolute Gasteiger partial charge is 0.302 e. The summed E-state index contributed by atoms with van der Waals surface area (Å²) in [6, 6.07) is 0.304. The number of hydrogen-bond donors (Lipinski definition) is 1. The van der Waals surface area contributed by atoms with Crippen LogP contribution < -0.4 is 5.43 Å². The van der Waals surface area contributed by atoms with Gasteiger partial charge in [0.25, 0.3) is 0 Å². The molecule has 1 unspecified atom stereocenters. The Morgan fingerprint density at radius 3 is 2.94 bits per heavy atom. The fraction of sp³-hybridized carbons (Fsp3) is 0.655. The van der Waals surface area contributed by atoms with Gasteiger partial charge in [-0.3, -0.25) is 0 Å². The van der Waals surface area contributed by atoms with Crippen molar-refractivity contribution in [3.63, 3.8) is 0 Å². The third-order valence-electron chi connectivity index (χ3n) is 6.66. The van der Waals surface area contributed by atoms with Crippen LogP contribution in [0.4, 0.5) is 0 Å². The number of hydrogen-bond acceptors (Lipinski definition) is 2. The average molecular weight is 423 g/mol. The Kier molecular flexibility index (Phi) is 11.2. The van der Waals surface area contributed by atoms with Crippen LogP contribution >= 0.6 is 0 Å². The molecule has 1 heterocycles. The van der Waals surface area contributed by atoms with E-state index in [0.717, 1.165) is 38.0 Å². The molecule has 0 aromatic rings. The molecular formula is C29H46N2. The maximum atomic E-state index is 4.67. The Morgan fingerprint density at radius 2 is 2.16 bits per heavy atom. The molecule has 1 aliphatic heterocycles. The molecule has 1 N–H and O–H groups in total. The highest BCUT2D eigenvalue weighted by Crippen LogP contribution is 2.36. The standard InChI is InChI=1S/C29H46N2/c1-6-7-8-9-10-16-25(4)28-23-27(30-31-28)22-26-17-11-12-19-29(5,21-14-18-26)20-13-15-24(2)3/h7-8,10-12,18,24,28,31H,6,9,13-15,17,19-23H2,1-5H3/b8-7-,12-11-,26-18+/t16?,28?,29-/m1/s1. The van der Waals surface area contributed by atoms with Crippen LogP contribution in [-0.2, 0) is 0 Å². The molecule has 2 rings (SSSR count). The Balaban J connectivity index is 1.86. The van der Waals surface area contributed by atoms with Crippen LogP contribution in [0.3, 0.4) is 0 Å². The molecule has 0 saturated carbocycles. The fourth-order valence-corrected chi connectivity index (χ4v) is 4.49. The van der Waals surface area contributed by atoms with E-state index in [4.69, 9.17) is 0 Å². The van der Waals surface area contributed by atoms with Gasteiger partial charge in [0.1, 0.15) is 0 Å². The normalized spacial score (nSPS) is 26.8. The van der Waals surface area contributed by atoms with Gasteiger partial charge in [0.15, 0.2) is 0 Å². The summed E-state index contributed by atoms with van der Waals surface area (Å²) in [6.07, 6.45) is 26.8. The number of allylic oxidation sites excluding steroid dienone is 6. The summed E-state index contributed by atoms with van der Waals surface area (Å²) in [5.41, 5.74) is 11.3. The van der Waals surface area contributed by atoms with Crippen LogP contribution in [0.15, 0.2) is 58.4 Å². The molecule has 31 heavy (non-hydrogen) atoms. The van der Waals surface area contributed by atoms with E-state index >= 15 is 0 Å². The summed E-state index contributed by atoms with van der Waals surface area (Å²) in [5.74, 6) is 0.818.